The SMILES string of the molecule is CC(C)=CCc1cc(C(=O)Cc2cc3ccc(OCCCNC45CCC(CC4)C5)c(C)c3oc2=O)ccc1C. The summed E-state index contributed by atoms with van der Waals surface area (Å²) >= 11 is 0. The highest BCUT2D eigenvalue weighted by Crippen LogP contribution is 2.47. The normalized spacial score (nSPS) is 19.9. The van der Waals surface area contributed by atoms with Gasteiger partial charge in [-0.3, -0.25) is 4.79 Å². The van der Waals surface area contributed by atoms with Gasteiger partial charge >= 0.3 is 5.63 Å². The zero-order valence-corrected chi connectivity index (χ0v) is 23.8. The van der Waals surface area contributed by atoms with Crippen LogP contribution in [0, 0.1) is 19.8 Å². The lowest BCUT2D eigenvalue weighted by Crippen LogP contribution is -2.41. The molecule has 39 heavy (non-hydrogen) atoms. The van der Waals surface area contributed by atoms with Crippen LogP contribution in [-0.2, 0) is 12.8 Å². The monoisotopic (exact) mass is 527 g/mol. The van der Waals surface area contributed by atoms with Crippen molar-refractivity contribution in [2.45, 2.75) is 84.6 Å². The zero-order valence-electron chi connectivity index (χ0n) is 23.8. The third kappa shape index (κ3) is 6.19. The molecule has 2 aliphatic carbocycles. The predicted octanol–water partition coefficient (Wildman–Crippen LogP) is 7.04. The molecule has 0 saturated heterocycles. The van der Waals surface area contributed by atoms with E-state index in [1.165, 1.54) is 37.7 Å². The minimum Gasteiger partial charge on any atom is -0.493 e. The maximum absolute atomic E-state index is 13.1. The Bertz CT molecular complexity index is 1450. The number of hydrogen-bond acceptors (Lipinski definition) is 5. The standard InChI is InChI=1S/C34H41NO4/c1-22(2)6-8-26-18-27(9-7-23(26)3)30(36)20-29-19-28-10-11-31(24(4)32(28)39-33(29)37)38-17-5-16-35-34-14-12-25(21-34)13-15-34/h6-7,9-11,18-19,25,35H,5,8,12-17,20-21H2,1-4H3. The maximum Gasteiger partial charge on any atom is 0.339 e. The fourth-order valence-corrected chi connectivity index (χ4v) is 6.33. The minimum absolute atomic E-state index is 0.00988. The number of hydrogen-bond donors (Lipinski definition) is 1. The van der Waals surface area contributed by atoms with E-state index >= 15 is 0 Å². The molecule has 206 valence electrons. The summed E-state index contributed by atoms with van der Waals surface area (Å²) in [5, 5.41) is 4.60. The second-order valence-corrected chi connectivity index (χ2v) is 11.9. The Balaban J connectivity index is 1.22. The van der Waals surface area contributed by atoms with Gasteiger partial charge in [-0.2, -0.15) is 0 Å². The molecule has 1 N–H and O–H groups in total. The van der Waals surface area contributed by atoms with Gasteiger partial charge in [-0.25, -0.2) is 4.79 Å². The molecule has 2 fully saturated rings. The van der Waals surface area contributed by atoms with Gasteiger partial charge < -0.3 is 14.5 Å². The minimum atomic E-state index is -0.470. The highest BCUT2D eigenvalue weighted by molar-refractivity contribution is 5.98. The molecule has 2 saturated carbocycles. The Morgan fingerprint density at radius 3 is 2.62 bits per heavy atom. The van der Waals surface area contributed by atoms with Crippen molar-refractivity contribution in [3.05, 3.63) is 86.3 Å². The number of ketones is 1. The first-order valence-electron chi connectivity index (χ1n) is 14.4. The number of nitrogens with one attached hydrogen (secondary N) is 1. The lowest BCUT2D eigenvalue weighted by Gasteiger charge is -2.28. The van der Waals surface area contributed by atoms with Crippen LogP contribution in [0.3, 0.4) is 0 Å². The average molecular weight is 528 g/mol. The van der Waals surface area contributed by atoms with Crippen molar-refractivity contribution in [3.8, 4) is 5.75 Å². The van der Waals surface area contributed by atoms with E-state index in [1.54, 1.807) is 6.07 Å². The van der Waals surface area contributed by atoms with Gasteiger partial charge in [0.15, 0.2) is 5.78 Å². The first kappa shape index (κ1) is 27.4. The lowest BCUT2D eigenvalue weighted by molar-refractivity contribution is 0.0992. The van der Waals surface area contributed by atoms with Crippen LogP contribution in [0.25, 0.3) is 11.0 Å². The molecule has 3 aromatic rings. The molecule has 2 aliphatic rings. The van der Waals surface area contributed by atoms with Crippen molar-refractivity contribution in [1.82, 2.24) is 5.32 Å². The van der Waals surface area contributed by atoms with E-state index in [-0.39, 0.29) is 12.2 Å². The van der Waals surface area contributed by atoms with Crippen LogP contribution in [0.1, 0.15) is 85.0 Å². The smallest absolute Gasteiger partial charge is 0.339 e. The van der Waals surface area contributed by atoms with Gasteiger partial charge in [0.05, 0.1) is 6.61 Å². The second-order valence-electron chi connectivity index (χ2n) is 11.9. The molecule has 5 heteroatoms. The molecule has 1 aromatic heterocycles. The van der Waals surface area contributed by atoms with Crippen LogP contribution >= 0.6 is 0 Å². The summed E-state index contributed by atoms with van der Waals surface area (Å²) in [4.78, 5) is 26.0. The first-order chi connectivity index (χ1) is 18.7. The van der Waals surface area contributed by atoms with Gasteiger partial charge in [0.1, 0.15) is 11.3 Å². The second kappa shape index (κ2) is 11.5. The van der Waals surface area contributed by atoms with Gasteiger partial charge in [0.2, 0.25) is 0 Å². The largest absolute Gasteiger partial charge is 0.493 e. The van der Waals surface area contributed by atoms with Crippen LogP contribution in [-0.4, -0.2) is 24.5 Å². The summed E-state index contributed by atoms with van der Waals surface area (Å²) < 4.78 is 11.8. The van der Waals surface area contributed by atoms with Gasteiger partial charge in [-0.15, -0.1) is 0 Å². The number of allylic oxidation sites excluding steroid dienone is 2. The van der Waals surface area contributed by atoms with Gasteiger partial charge in [-0.05, 0) is 120 Å². The number of rotatable bonds is 11. The molecular formula is C34H41NO4. The molecule has 2 bridgehead atoms. The van der Waals surface area contributed by atoms with Crippen molar-refractivity contribution in [3.63, 3.8) is 0 Å². The van der Waals surface area contributed by atoms with Crippen LogP contribution in [0.15, 0.2) is 57.3 Å². The molecule has 0 spiro atoms. The molecule has 5 nitrogen and oxygen atoms in total. The summed E-state index contributed by atoms with van der Waals surface area (Å²) in [7, 11) is 0. The predicted molar refractivity (Wildman–Crippen MR) is 157 cm³/mol. The van der Waals surface area contributed by atoms with E-state index in [0.717, 1.165) is 53.1 Å². The summed E-state index contributed by atoms with van der Waals surface area (Å²) in [6.07, 6.45) is 10.6. The number of Topliss-reactive ketones (excluding diaryl/α,β-unsaturated/α-hetero) is 1. The molecule has 0 atom stereocenters. The summed E-state index contributed by atoms with van der Waals surface area (Å²) in [6.45, 7) is 9.68. The molecule has 0 aliphatic heterocycles. The summed E-state index contributed by atoms with van der Waals surface area (Å²) in [5.74, 6) is 1.59. The Morgan fingerprint density at radius 2 is 1.90 bits per heavy atom. The van der Waals surface area contributed by atoms with Crippen molar-refractivity contribution in [1.29, 1.82) is 0 Å². The summed E-state index contributed by atoms with van der Waals surface area (Å²) in [6, 6.07) is 11.4. The number of carbonyl (C=O) groups excluding carboxylic acids is 1. The zero-order chi connectivity index (χ0) is 27.6. The molecule has 1 heterocycles. The third-order valence-electron chi connectivity index (χ3n) is 8.75. The number of fused-ring (bicyclic) bond motifs is 3. The highest BCUT2D eigenvalue weighted by Gasteiger charge is 2.43. The molecule has 0 unspecified atom stereocenters. The quantitative estimate of drug-likeness (QED) is 0.125. The Hall–Kier alpha value is -3.18. The van der Waals surface area contributed by atoms with E-state index in [9.17, 15) is 9.59 Å². The van der Waals surface area contributed by atoms with Gasteiger partial charge in [-0.1, -0.05) is 23.8 Å². The van der Waals surface area contributed by atoms with Crippen LogP contribution in [0.4, 0.5) is 0 Å². The van der Waals surface area contributed by atoms with E-state index < -0.39 is 5.63 Å². The molecule has 0 amide bonds. The Kier molecular flexibility index (Phi) is 8.08. The van der Waals surface area contributed by atoms with E-state index in [0.29, 0.717) is 28.9 Å². The Morgan fingerprint density at radius 1 is 1.10 bits per heavy atom. The molecule has 5 rings (SSSR count). The average Bonchev–Trinajstić information content (AvgIpc) is 3.51. The van der Waals surface area contributed by atoms with Crippen molar-refractivity contribution in [2.75, 3.05) is 13.2 Å². The maximum atomic E-state index is 13.1. The van der Waals surface area contributed by atoms with Crippen LogP contribution in [0.5, 0.6) is 5.75 Å². The number of aryl methyl sites for hydroxylation is 2. The Labute approximate surface area is 231 Å². The fourth-order valence-electron chi connectivity index (χ4n) is 6.33. The molecular weight excluding hydrogens is 486 g/mol. The van der Waals surface area contributed by atoms with Crippen molar-refractivity contribution in [2.24, 2.45) is 5.92 Å². The number of ether oxygens (including phenoxy) is 1. The van der Waals surface area contributed by atoms with Crippen LogP contribution in [0.2, 0.25) is 0 Å². The third-order valence-corrected chi connectivity index (χ3v) is 8.75. The number of benzene rings is 2. The topological polar surface area (TPSA) is 68.5 Å². The molecule has 0 radical (unpaired) electrons. The van der Waals surface area contributed by atoms with Crippen LogP contribution < -0.4 is 15.7 Å². The molecule has 2 aromatic carbocycles. The lowest BCUT2D eigenvalue weighted by atomic mass is 9.94. The number of carbonyl (C=O) groups is 1. The summed E-state index contributed by atoms with van der Waals surface area (Å²) in [5.41, 5.74) is 5.76. The van der Waals surface area contributed by atoms with E-state index in [4.69, 9.17) is 9.15 Å². The van der Waals surface area contributed by atoms with E-state index in [2.05, 4.69) is 32.2 Å². The first-order valence-corrected chi connectivity index (χ1v) is 14.4. The van der Waals surface area contributed by atoms with Gasteiger partial charge in [0, 0.05) is 34.0 Å². The van der Waals surface area contributed by atoms with Gasteiger partial charge in [0.25, 0.3) is 0 Å². The van der Waals surface area contributed by atoms with Crippen molar-refractivity contribution < 1.29 is 13.9 Å². The fraction of sp³-hybridized carbons (Fsp3) is 0.471. The van der Waals surface area contributed by atoms with E-state index in [1.807, 2.05) is 37.3 Å². The highest BCUT2D eigenvalue weighted by atomic mass is 16.5. The van der Waals surface area contributed by atoms with Crippen molar-refractivity contribution >= 4 is 16.8 Å².